The third-order valence-electron chi connectivity index (χ3n) is 1.83. The van der Waals surface area contributed by atoms with E-state index in [1.54, 1.807) is 0 Å². The van der Waals surface area contributed by atoms with Gasteiger partial charge in [-0.05, 0) is 19.3 Å². The van der Waals surface area contributed by atoms with E-state index >= 15 is 0 Å². The minimum Gasteiger partial charge on any atom is -0.246 e. The van der Waals surface area contributed by atoms with Gasteiger partial charge in [-0.3, -0.25) is 0 Å². The number of anilines is 1. The van der Waals surface area contributed by atoms with E-state index in [4.69, 9.17) is 5.14 Å². The first-order chi connectivity index (χ1) is 6.04. The zero-order valence-electron chi connectivity index (χ0n) is 6.78. The zero-order valence-corrected chi connectivity index (χ0v) is 8.41. The maximum absolute atomic E-state index is 10.7. The Labute approximate surface area is 80.2 Å². The number of nitrogens with two attached hydrogens (primary N) is 1. The molecular weight excluding hydrogens is 210 g/mol. The van der Waals surface area contributed by atoms with Gasteiger partial charge < -0.3 is 0 Å². The third-order valence-corrected chi connectivity index (χ3v) is 3.51. The topological polar surface area (TPSA) is 85.1 Å². The molecular formula is C6H9N3O2S2. The van der Waals surface area contributed by atoms with Crippen LogP contribution in [0.4, 0.5) is 5.13 Å². The van der Waals surface area contributed by atoms with Gasteiger partial charge in [0.05, 0.1) is 5.69 Å². The van der Waals surface area contributed by atoms with Gasteiger partial charge in [0.2, 0.25) is 0 Å². The summed E-state index contributed by atoms with van der Waals surface area (Å²) < 4.78 is 23.5. The van der Waals surface area contributed by atoms with Crippen molar-refractivity contribution in [3.05, 3.63) is 10.6 Å². The molecule has 0 spiro atoms. The monoisotopic (exact) mass is 219 g/mol. The summed E-state index contributed by atoms with van der Waals surface area (Å²) in [6, 6.07) is 0. The first-order valence-electron chi connectivity index (χ1n) is 3.84. The number of rotatable bonds is 2. The summed E-state index contributed by atoms with van der Waals surface area (Å²) in [5.41, 5.74) is 1.01. The molecule has 1 aliphatic rings. The molecule has 0 aliphatic heterocycles. The van der Waals surface area contributed by atoms with Gasteiger partial charge in [-0.2, -0.15) is 8.42 Å². The van der Waals surface area contributed by atoms with E-state index < -0.39 is 10.2 Å². The van der Waals surface area contributed by atoms with Gasteiger partial charge >= 0.3 is 0 Å². The van der Waals surface area contributed by atoms with E-state index in [0.717, 1.165) is 25.0 Å². The van der Waals surface area contributed by atoms with Crippen molar-refractivity contribution in [1.29, 1.82) is 0 Å². The van der Waals surface area contributed by atoms with Crippen LogP contribution in [-0.4, -0.2) is 13.4 Å². The molecule has 0 amide bonds. The molecule has 0 radical (unpaired) electrons. The van der Waals surface area contributed by atoms with E-state index in [1.807, 2.05) is 0 Å². The number of thiazole rings is 1. The molecule has 5 nitrogen and oxygen atoms in total. The average Bonchev–Trinajstić information content (AvgIpc) is 2.40. The first-order valence-corrected chi connectivity index (χ1v) is 6.20. The molecule has 1 aromatic heterocycles. The van der Waals surface area contributed by atoms with Crippen LogP contribution in [0.1, 0.15) is 17.0 Å². The van der Waals surface area contributed by atoms with Crippen molar-refractivity contribution in [2.24, 2.45) is 5.14 Å². The summed E-state index contributed by atoms with van der Waals surface area (Å²) in [6.07, 6.45) is 3.06. The Hall–Kier alpha value is -0.660. The van der Waals surface area contributed by atoms with E-state index in [-0.39, 0.29) is 0 Å². The number of nitrogens with one attached hydrogen (secondary N) is 1. The third kappa shape index (κ3) is 1.98. The number of nitrogens with zero attached hydrogens (tertiary/aromatic N) is 1. The van der Waals surface area contributed by atoms with E-state index in [2.05, 4.69) is 9.71 Å². The van der Waals surface area contributed by atoms with Crippen LogP contribution < -0.4 is 9.86 Å². The minimum atomic E-state index is -3.67. The zero-order chi connectivity index (χ0) is 9.47. The van der Waals surface area contributed by atoms with Crippen LogP contribution in [-0.2, 0) is 23.1 Å². The van der Waals surface area contributed by atoms with Crippen LogP contribution in [0.25, 0.3) is 0 Å². The molecule has 0 aromatic carbocycles. The molecule has 1 aromatic rings. The van der Waals surface area contributed by atoms with Crippen LogP contribution in [0.3, 0.4) is 0 Å². The highest BCUT2D eigenvalue weighted by molar-refractivity contribution is 7.90. The second-order valence-corrected chi connectivity index (χ2v) is 5.27. The van der Waals surface area contributed by atoms with Gasteiger partial charge in [-0.25, -0.2) is 14.8 Å². The Kier molecular flexibility index (Phi) is 2.01. The van der Waals surface area contributed by atoms with Gasteiger partial charge in [0.25, 0.3) is 10.2 Å². The molecule has 0 unspecified atom stereocenters. The van der Waals surface area contributed by atoms with Crippen LogP contribution in [0, 0.1) is 0 Å². The summed E-state index contributed by atoms with van der Waals surface area (Å²) in [6.45, 7) is 0. The van der Waals surface area contributed by atoms with Gasteiger partial charge in [-0.15, -0.1) is 11.3 Å². The normalized spacial score (nSPS) is 15.8. The quantitative estimate of drug-likeness (QED) is 0.747. The van der Waals surface area contributed by atoms with Crippen molar-refractivity contribution < 1.29 is 8.42 Å². The Morgan fingerprint density at radius 3 is 2.85 bits per heavy atom. The Morgan fingerprint density at radius 1 is 1.46 bits per heavy atom. The van der Waals surface area contributed by atoms with E-state index in [1.165, 1.54) is 16.2 Å². The van der Waals surface area contributed by atoms with Crippen LogP contribution in [0.15, 0.2) is 0 Å². The fraction of sp³-hybridized carbons (Fsp3) is 0.500. The second-order valence-electron chi connectivity index (χ2n) is 2.89. The molecule has 0 fully saturated rings. The molecule has 0 bridgehead atoms. The maximum atomic E-state index is 10.7. The molecule has 1 aliphatic carbocycles. The molecule has 3 N–H and O–H groups in total. The number of aromatic nitrogens is 1. The standard InChI is InChI=1S/C6H9N3O2S2/c7-13(10,11)9-6-8-4-2-1-3-5(4)12-6/h1-3H2,(H,8,9)(H2,7,10,11). The van der Waals surface area contributed by atoms with Crippen molar-refractivity contribution >= 4 is 26.7 Å². The Morgan fingerprint density at radius 2 is 2.23 bits per heavy atom. The largest absolute Gasteiger partial charge is 0.298 e. The highest BCUT2D eigenvalue weighted by Gasteiger charge is 2.17. The molecule has 0 saturated heterocycles. The lowest BCUT2D eigenvalue weighted by molar-refractivity contribution is 0.603. The van der Waals surface area contributed by atoms with Crippen molar-refractivity contribution in [2.75, 3.05) is 4.72 Å². The van der Waals surface area contributed by atoms with Crippen LogP contribution in [0.5, 0.6) is 0 Å². The lowest BCUT2D eigenvalue weighted by Crippen LogP contribution is -2.21. The maximum Gasteiger partial charge on any atom is 0.298 e. The van der Waals surface area contributed by atoms with Crippen molar-refractivity contribution in [3.63, 3.8) is 0 Å². The molecule has 72 valence electrons. The highest BCUT2D eigenvalue weighted by atomic mass is 32.2. The summed E-state index contributed by atoms with van der Waals surface area (Å²) in [7, 11) is -3.67. The summed E-state index contributed by atoms with van der Waals surface area (Å²) in [4.78, 5) is 5.30. The minimum absolute atomic E-state index is 0.382. The smallest absolute Gasteiger partial charge is 0.246 e. The van der Waals surface area contributed by atoms with E-state index in [0.29, 0.717) is 5.13 Å². The number of hydrogen-bond donors (Lipinski definition) is 2. The first kappa shape index (κ1) is 8.92. The van der Waals surface area contributed by atoms with Crippen molar-refractivity contribution in [3.8, 4) is 0 Å². The number of hydrogen-bond acceptors (Lipinski definition) is 4. The predicted octanol–water partition coefficient (Wildman–Crippen LogP) is 0.247. The molecule has 7 heteroatoms. The second kappa shape index (κ2) is 2.93. The van der Waals surface area contributed by atoms with Crippen LogP contribution in [0.2, 0.25) is 0 Å². The SMILES string of the molecule is NS(=O)(=O)Nc1nc2c(s1)CCC2. The molecule has 2 rings (SSSR count). The fourth-order valence-corrected chi connectivity index (χ4v) is 3.06. The number of aryl methyl sites for hydroxylation is 2. The summed E-state index contributed by atoms with van der Waals surface area (Å²) in [5.74, 6) is 0. The van der Waals surface area contributed by atoms with E-state index in [9.17, 15) is 8.42 Å². The molecule has 13 heavy (non-hydrogen) atoms. The molecule has 0 atom stereocenters. The van der Waals surface area contributed by atoms with Gasteiger partial charge in [0.1, 0.15) is 0 Å². The average molecular weight is 219 g/mol. The van der Waals surface area contributed by atoms with Crippen molar-refractivity contribution in [1.82, 2.24) is 4.98 Å². The van der Waals surface area contributed by atoms with Gasteiger partial charge in [-0.1, -0.05) is 0 Å². The lowest BCUT2D eigenvalue weighted by Gasteiger charge is -1.96. The predicted molar refractivity (Wildman–Crippen MR) is 50.9 cm³/mol. The molecule has 1 heterocycles. The van der Waals surface area contributed by atoms with Crippen molar-refractivity contribution in [2.45, 2.75) is 19.3 Å². The highest BCUT2D eigenvalue weighted by Crippen LogP contribution is 2.30. The Bertz CT molecular complexity index is 402. The molecule has 0 saturated carbocycles. The van der Waals surface area contributed by atoms with Crippen LogP contribution >= 0.6 is 11.3 Å². The summed E-state index contributed by atoms with van der Waals surface area (Å²) in [5, 5.41) is 5.20. The Balaban J connectivity index is 2.24. The fourth-order valence-electron chi connectivity index (χ4n) is 1.36. The lowest BCUT2D eigenvalue weighted by atomic mass is 10.4. The van der Waals surface area contributed by atoms with Gasteiger partial charge in [0.15, 0.2) is 5.13 Å². The number of fused-ring (bicyclic) bond motifs is 1. The summed E-state index contributed by atoms with van der Waals surface area (Å²) >= 11 is 1.37. The van der Waals surface area contributed by atoms with Gasteiger partial charge in [0, 0.05) is 4.88 Å².